The van der Waals surface area contributed by atoms with Gasteiger partial charge >= 0.3 is 11.9 Å². The number of nitrogens with one attached hydrogen (secondary N) is 1. The molecule has 0 bridgehead atoms. The van der Waals surface area contributed by atoms with Crippen molar-refractivity contribution < 1.29 is 28.2 Å². The van der Waals surface area contributed by atoms with Crippen LogP contribution < -0.4 is 4.74 Å². The minimum Gasteiger partial charge on any atom is -0.486 e. The minimum atomic E-state index is -0.525. The maximum atomic E-state index is 14.1. The molecule has 0 fully saturated rings. The molecule has 0 aliphatic carbocycles. The van der Waals surface area contributed by atoms with Gasteiger partial charge in [0, 0.05) is 21.9 Å². The lowest BCUT2D eigenvalue weighted by molar-refractivity contribution is -0.138. The van der Waals surface area contributed by atoms with E-state index in [1.807, 2.05) is 30.3 Å². The average Bonchev–Trinajstić information content (AvgIpc) is 3.19. The summed E-state index contributed by atoms with van der Waals surface area (Å²) in [5.74, 6) is -1.36. The van der Waals surface area contributed by atoms with Gasteiger partial charge in [-0.1, -0.05) is 35.4 Å². The predicted octanol–water partition coefficient (Wildman–Crippen LogP) is 4.14. The number of esters is 2. The molecule has 0 amide bonds. The molecule has 0 saturated carbocycles. The van der Waals surface area contributed by atoms with Crippen LogP contribution in [-0.4, -0.2) is 37.7 Å². The summed E-state index contributed by atoms with van der Waals surface area (Å²) in [4.78, 5) is 26.8. The summed E-state index contributed by atoms with van der Waals surface area (Å²) in [7, 11) is 2.53. The molecule has 2 aromatic carbocycles. The Morgan fingerprint density at radius 2 is 1.87 bits per heavy atom. The number of carbonyl (C=O) groups is 2. The molecule has 3 aromatic rings. The summed E-state index contributed by atoms with van der Waals surface area (Å²) < 4.78 is 28.4. The minimum absolute atomic E-state index is 0.134. The second kappa shape index (κ2) is 11.1. The predicted molar refractivity (Wildman–Crippen MR) is 106 cm³/mol. The highest BCUT2D eigenvalue weighted by Gasteiger charge is 2.13. The zero-order valence-corrected chi connectivity index (χ0v) is 16.3. The summed E-state index contributed by atoms with van der Waals surface area (Å²) in [6.07, 6.45) is 0. The van der Waals surface area contributed by atoms with E-state index in [-0.39, 0.29) is 24.6 Å². The first kappa shape index (κ1) is 22.3. The lowest BCUT2D eigenvalue weighted by atomic mass is 10.2. The van der Waals surface area contributed by atoms with E-state index in [0.29, 0.717) is 10.9 Å². The van der Waals surface area contributed by atoms with Crippen LogP contribution in [0.4, 0.5) is 4.39 Å². The Kier molecular flexibility index (Phi) is 8.22. The normalized spacial score (nSPS) is 9.70. The number of benzene rings is 2. The summed E-state index contributed by atoms with van der Waals surface area (Å²) in [5.41, 5.74) is 9.50. The monoisotopic (exact) mass is 414 g/mol. The van der Waals surface area contributed by atoms with E-state index in [2.05, 4.69) is 24.5 Å². The van der Waals surface area contributed by atoms with Crippen molar-refractivity contribution in [2.24, 2.45) is 5.11 Å². The first-order valence-corrected chi connectivity index (χ1v) is 8.63. The van der Waals surface area contributed by atoms with Crippen LogP contribution in [0.3, 0.4) is 0 Å². The highest BCUT2D eigenvalue weighted by atomic mass is 19.1. The molecule has 0 atom stereocenters. The second-order valence-electron chi connectivity index (χ2n) is 5.78. The second-order valence-corrected chi connectivity index (χ2v) is 5.78. The number of carbonyl (C=O) groups excluding carboxylic acids is 2. The van der Waals surface area contributed by atoms with Crippen molar-refractivity contribution in [2.75, 3.05) is 20.8 Å². The number of aromatic nitrogens is 1. The fourth-order valence-corrected chi connectivity index (χ4v) is 2.35. The number of rotatable bonds is 6. The van der Waals surface area contributed by atoms with Crippen molar-refractivity contribution in [1.82, 2.24) is 4.98 Å². The number of H-pyrrole nitrogens is 1. The summed E-state index contributed by atoms with van der Waals surface area (Å²) >= 11 is 0. The third kappa shape index (κ3) is 6.25. The van der Waals surface area contributed by atoms with E-state index in [9.17, 15) is 14.0 Å². The Morgan fingerprint density at radius 3 is 2.50 bits per heavy atom. The molecule has 1 N–H and O–H groups in total. The van der Waals surface area contributed by atoms with Crippen molar-refractivity contribution in [3.8, 4) is 5.75 Å². The largest absolute Gasteiger partial charge is 0.486 e. The fraction of sp³-hybridized carbons (Fsp3) is 0.200. The van der Waals surface area contributed by atoms with Crippen LogP contribution in [-0.2, 0) is 20.9 Å². The molecule has 0 aliphatic heterocycles. The molecule has 0 radical (unpaired) electrons. The zero-order valence-electron chi connectivity index (χ0n) is 16.3. The highest BCUT2D eigenvalue weighted by molar-refractivity contribution is 5.95. The average molecular weight is 414 g/mol. The number of hydrogen-bond donors (Lipinski definition) is 1. The van der Waals surface area contributed by atoms with Gasteiger partial charge in [-0.2, -0.15) is 0 Å². The molecule has 1 heterocycles. The number of fused-ring (bicyclic) bond motifs is 1. The van der Waals surface area contributed by atoms with Crippen LogP contribution in [0, 0.1) is 5.82 Å². The van der Waals surface area contributed by atoms with Gasteiger partial charge in [0.25, 0.3) is 0 Å². The first-order chi connectivity index (χ1) is 14.5. The van der Waals surface area contributed by atoms with E-state index in [0.717, 1.165) is 5.56 Å². The van der Waals surface area contributed by atoms with Crippen molar-refractivity contribution in [3.05, 3.63) is 76.0 Å². The van der Waals surface area contributed by atoms with E-state index >= 15 is 0 Å². The molecular weight excluding hydrogens is 395 g/mol. The topological polar surface area (TPSA) is 126 Å². The summed E-state index contributed by atoms with van der Waals surface area (Å²) in [5, 5.41) is 3.54. The lowest BCUT2D eigenvalue weighted by Crippen LogP contribution is -2.02. The highest BCUT2D eigenvalue weighted by Crippen LogP contribution is 2.26. The smallest absolute Gasteiger partial charge is 0.354 e. The Hall–Kier alpha value is -4.04. The Labute approximate surface area is 171 Å². The maximum Gasteiger partial charge on any atom is 0.354 e. The van der Waals surface area contributed by atoms with Crippen LogP contribution in [0.25, 0.3) is 21.3 Å². The van der Waals surface area contributed by atoms with E-state index in [1.165, 1.54) is 20.3 Å². The van der Waals surface area contributed by atoms with Gasteiger partial charge in [-0.15, -0.1) is 0 Å². The third-order valence-electron chi connectivity index (χ3n) is 3.81. The quantitative estimate of drug-likeness (QED) is 0.281. The Morgan fingerprint density at radius 1 is 1.13 bits per heavy atom. The number of halogens is 1. The van der Waals surface area contributed by atoms with Gasteiger partial charge in [-0.05, 0) is 23.2 Å². The fourth-order valence-electron chi connectivity index (χ4n) is 2.35. The standard InChI is InChI=1S/C17H14FNO3.C3H5N3O2/c1-21-17(20)15-8-12-7-13(18)16(9-14(12)19-15)22-10-11-5-3-2-4-6-11;1-8-3(7)2-5-6-4/h2-9,19H,10H2,1H3;2H2,1H3. The van der Waals surface area contributed by atoms with Gasteiger partial charge in [0.1, 0.15) is 18.8 Å². The third-order valence-corrected chi connectivity index (χ3v) is 3.81. The van der Waals surface area contributed by atoms with E-state index in [4.69, 9.17) is 10.3 Å². The molecule has 9 nitrogen and oxygen atoms in total. The lowest BCUT2D eigenvalue weighted by Gasteiger charge is -2.07. The van der Waals surface area contributed by atoms with Crippen LogP contribution in [0.5, 0.6) is 5.75 Å². The van der Waals surface area contributed by atoms with Crippen LogP contribution in [0.15, 0.2) is 53.6 Å². The molecule has 0 saturated heterocycles. The molecule has 156 valence electrons. The number of methoxy groups -OCH3 is 2. The van der Waals surface area contributed by atoms with Gasteiger partial charge in [-0.3, -0.25) is 4.79 Å². The number of azide groups is 1. The number of aromatic amines is 1. The van der Waals surface area contributed by atoms with Crippen molar-refractivity contribution >= 4 is 22.8 Å². The number of hydrogen-bond acceptors (Lipinski definition) is 6. The zero-order chi connectivity index (χ0) is 21.9. The van der Waals surface area contributed by atoms with Crippen molar-refractivity contribution in [2.45, 2.75) is 6.61 Å². The molecule has 3 rings (SSSR count). The van der Waals surface area contributed by atoms with Crippen LogP contribution in [0.1, 0.15) is 16.1 Å². The molecule has 0 spiro atoms. The maximum absolute atomic E-state index is 14.1. The van der Waals surface area contributed by atoms with Crippen molar-refractivity contribution in [1.29, 1.82) is 0 Å². The van der Waals surface area contributed by atoms with Crippen LogP contribution in [0.2, 0.25) is 0 Å². The molecule has 0 aliphatic rings. The Balaban J connectivity index is 0.000000343. The van der Waals surface area contributed by atoms with Gasteiger partial charge in [-0.25, -0.2) is 9.18 Å². The number of nitrogens with zero attached hydrogens (tertiary/aromatic N) is 3. The SMILES string of the molecule is COC(=O)CN=[N+]=[N-].COC(=O)c1cc2cc(F)c(OCc3ccccc3)cc2[nH]1. The molecule has 10 heteroatoms. The summed E-state index contributed by atoms with van der Waals surface area (Å²) in [6.45, 7) is 0.0425. The van der Waals surface area contributed by atoms with Crippen LogP contribution >= 0.6 is 0 Å². The number of ether oxygens (including phenoxy) is 3. The van der Waals surface area contributed by atoms with E-state index in [1.54, 1.807) is 12.1 Å². The molecule has 0 unspecified atom stereocenters. The Bertz CT molecular complexity index is 1060. The first-order valence-electron chi connectivity index (χ1n) is 8.63. The molecule has 30 heavy (non-hydrogen) atoms. The van der Waals surface area contributed by atoms with Gasteiger partial charge < -0.3 is 19.2 Å². The molecule has 1 aromatic heterocycles. The van der Waals surface area contributed by atoms with Gasteiger partial charge in [0.2, 0.25) is 0 Å². The summed E-state index contributed by atoms with van der Waals surface area (Å²) in [6, 6.07) is 13.9. The van der Waals surface area contributed by atoms with Gasteiger partial charge in [0.05, 0.1) is 14.2 Å². The molecular formula is C20H19FN4O5. The van der Waals surface area contributed by atoms with Gasteiger partial charge in [0.15, 0.2) is 11.6 Å². The van der Waals surface area contributed by atoms with Crippen molar-refractivity contribution in [3.63, 3.8) is 0 Å². The van der Waals surface area contributed by atoms with E-state index < -0.39 is 17.8 Å².